The van der Waals surface area contributed by atoms with Crippen LogP contribution in [0.2, 0.25) is 0 Å². The van der Waals surface area contributed by atoms with E-state index in [4.69, 9.17) is 0 Å². The lowest BCUT2D eigenvalue weighted by molar-refractivity contribution is 0.497. The van der Waals surface area contributed by atoms with Gasteiger partial charge in [-0.1, -0.05) is 35.0 Å². The van der Waals surface area contributed by atoms with Crippen molar-refractivity contribution >= 4 is 15.9 Å². The first-order valence-electron chi connectivity index (χ1n) is 6.18. The summed E-state index contributed by atoms with van der Waals surface area (Å²) >= 11 is 3.60. The summed E-state index contributed by atoms with van der Waals surface area (Å²) in [6, 6.07) is 6.70. The molecule has 0 saturated heterocycles. The molecule has 0 radical (unpaired) electrons. The van der Waals surface area contributed by atoms with Gasteiger partial charge < -0.3 is 10.3 Å². The van der Waals surface area contributed by atoms with Crippen LogP contribution in [0.1, 0.15) is 36.3 Å². The molecule has 1 aromatic heterocycles. The zero-order valence-electron chi connectivity index (χ0n) is 10.7. The number of benzene rings is 1. The van der Waals surface area contributed by atoms with Crippen molar-refractivity contribution in [3.8, 4) is 0 Å². The standard InChI is InChI=1S/C14H18BrN3/c1-3-13(14-16-6-7-17-14)18-9-11-5-4-10(2)8-12(11)15/h4-8,13,18H,3,9H2,1-2H3,(H,16,17). The molecule has 0 spiro atoms. The van der Waals surface area contributed by atoms with Gasteiger partial charge in [0.05, 0.1) is 6.04 Å². The second-order valence-electron chi connectivity index (χ2n) is 4.41. The van der Waals surface area contributed by atoms with Crippen LogP contribution in [0, 0.1) is 6.92 Å². The number of aromatic nitrogens is 2. The normalized spacial score (nSPS) is 12.6. The molecule has 1 atom stereocenters. The SMILES string of the molecule is CCC(NCc1ccc(C)cc1Br)c1ncc[nH]1. The maximum atomic E-state index is 4.31. The molecule has 0 fully saturated rings. The van der Waals surface area contributed by atoms with Gasteiger partial charge in [-0.3, -0.25) is 0 Å². The van der Waals surface area contributed by atoms with E-state index in [0.717, 1.165) is 23.3 Å². The average molecular weight is 308 g/mol. The summed E-state index contributed by atoms with van der Waals surface area (Å²) in [5.41, 5.74) is 2.54. The molecule has 0 saturated carbocycles. The second kappa shape index (κ2) is 6.16. The van der Waals surface area contributed by atoms with Crippen LogP contribution in [0.25, 0.3) is 0 Å². The highest BCUT2D eigenvalue weighted by atomic mass is 79.9. The molecule has 0 aliphatic heterocycles. The molecule has 1 unspecified atom stereocenters. The van der Waals surface area contributed by atoms with Gasteiger partial charge >= 0.3 is 0 Å². The molecule has 2 N–H and O–H groups in total. The molecule has 2 aromatic rings. The molecule has 2 rings (SSSR count). The number of H-pyrrole nitrogens is 1. The molecular weight excluding hydrogens is 290 g/mol. The van der Waals surface area contributed by atoms with Gasteiger partial charge in [-0.2, -0.15) is 0 Å². The monoisotopic (exact) mass is 307 g/mol. The Labute approximate surface area is 116 Å². The van der Waals surface area contributed by atoms with Gasteiger partial charge in [0.2, 0.25) is 0 Å². The third kappa shape index (κ3) is 3.21. The first-order valence-corrected chi connectivity index (χ1v) is 6.97. The molecular formula is C14H18BrN3. The fourth-order valence-electron chi connectivity index (χ4n) is 1.93. The summed E-state index contributed by atoms with van der Waals surface area (Å²) in [6.45, 7) is 5.09. The van der Waals surface area contributed by atoms with Crippen LogP contribution >= 0.6 is 15.9 Å². The van der Waals surface area contributed by atoms with Crippen molar-refractivity contribution in [3.05, 3.63) is 52.0 Å². The van der Waals surface area contributed by atoms with E-state index in [0.29, 0.717) is 0 Å². The van der Waals surface area contributed by atoms with Crippen LogP contribution in [0.4, 0.5) is 0 Å². The van der Waals surface area contributed by atoms with Crippen LogP contribution in [-0.2, 0) is 6.54 Å². The number of aryl methyl sites for hydroxylation is 1. The predicted octanol–water partition coefficient (Wildman–Crippen LogP) is 3.72. The molecule has 0 bridgehead atoms. The highest BCUT2D eigenvalue weighted by Gasteiger charge is 2.11. The maximum absolute atomic E-state index is 4.31. The predicted molar refractivity (Wildman–Crippen MR) is 77.3 cm³/mol. The molecule has 0 aliphatic rings. The summed E-state index contributed by atoms with van der Waals surface area (Å²) in [5, 5.41) is 3.52. The van der Waals surface area contributed by atoms with Crippen LogP contribution in [0.15, 0.2) is 35.1 Å². The van der Waals surface area contributed by atoms with Crippen molar-refractivity contribution in [2.24, 2.45) is 0 Å². The van der Waals surface area contributed by atoms with Gasteiger partial charge in [-0.25, -0.2) is 4.98 Å². The third-order valence-electron chi connectivity index (χ3n) is 3.01. The lowest BCUT2D eigenvalue weighted by atomic mass is 10.1. The zero-order valence-corrected chi connectivity index (χ0v) is 12.3. The van der Waals surface area contributed by atoms with Crippen molar-refractivity contribution in [2.75, 3.05) is 0 Å². The number of hydrogen-bond acceptors (Lipinski definition) is 2. The molecule has 1 aromatic carbocycles. The molecule has 0 aliphatic carbocycles. The average Bonchev–Trinajstić information content (AvgIpc) is 2.86. The fraction of sp³-hybridized carbons (Fsp3) is 0.357. The Bertz CT molecular complexity index is 494. The third-order valence-corrected chi connectivity index (χ3v) is 3.74. The fourth-order valence-corrected chi connectivity index (χ4v) is 2.56. The van der Waals surface area contributed by atoms with E-state index in [1.807, 2.05) is 6.20 Å². The van der Waals surface area contributed by atoms with E-state index in [1.54, 1.807) is 6.20 Å². The van der Waals surface area contributed by atoms with Crippen LogP contribution in [-0.4, -0.2) is 9.97 Å². The summed E-state index contributed by atoms with van der Waals surface area (Å²) in [4.78, 5) is 7.47. The minimum absolute atomic E-state index is 0.271. The van der Waals surface area contributed by atoms with E-state index < -0.39 is 0 Å². The number of rotatable bonds is 5. The number of imidazole rings is 1. The lowest BCUT2D eigenvalue weighted by Gasteiger charge is -2.15. The quantitative estimate of drug-likeness (QED) is 0.884. The molecule has 1 heterocycles. The van der Waals surface area contributed by atoms with E-state index in [2.05, 4.69) is 63.3 Å². The Balaban J connectivity index is 2.02. The van der Waals surface area contributed by atoms with Gasteiger partial charge in [0.1, 0.15) is 5.82 Å². The Morgan fingerprint density at radius 1 is 1.44 bits per heavy atom. The Hall–Kier alpha value is -1.13. The first kappa shape index (κ1) is 13.3. The summed E-state index contributed by atoms with van der Waals surface area (Å²) in [6.07, 6.45) is 4.67. The number of nitrogens with zero attached hydrogens (tertiary/aromatic N) is 1. The Morgan fingerprint density at radius 2 is 2.28 bits per heavy atom. The summed E-state index contributed by atoms with van der Waals surface area (Å²) in [7, 11) is 0. The van der Waals surface area contributed by atoms with Crippen molar-refractivity contribution in [1.29, 1.82) is 0 Å². The lowest BCUT2D eigenvalue weighted by Crippen LogP contribution is -2.21. The number of hydrogen-bond donors (Lipinski definition) is 2. The van der Waals surface area contributed by atoms with Crippen molar-refractivity contribution in [1.82, 2.24) is 15.3 Å². The van der Waals surface area contributed by atoms with Gasteiger partial charge in [0, 0.05) is 23.4 Å². The van der Waals surface area contributed by atoms with E-state index in [-0.39, 0.29) is 6.04 Å². The Morgan fingerprint density at radius 3 is 2.89 bits per heavy atom. The highest BCUT2D eigenvalue weighted by Crippen LogP contribution is 2.20. The maximum Gasteiger partial charge on any atom is 0.123 e. The molecule has 3 nitrogen and oxygen atoms in total. The van der Waals surface area contributed by atoms with Crippen LogP contribution < -0.4 is 5.32 Å². The van der Waals surface area contributed by atoms with E-state index in [1.165, 1.54) is 11.1 Å². The minimum Gasteiger partial charge on any atom is -0.347 e. The van der Waals surface area contributed by atoms with Gasteiger partial charge in [0.15, 0.2) is 0 Å². The smallest absolute Gasteiger partial charge is 0.123 e. The topological polar surface area (TPSA) is 40.7 Å². The summed E-state index contributed by atoms with van der Waals surface area (Å²) < 4.78 is 1.16. The summed E-state index contributed by atoms with van der Waals surface area (Å²) in [5.74, 6) is 1.00. The molecule has 18 heavy (non-hydrogen) atoms. The van der Waals surface area contributed by atoms with Crippen LogP contribution in [0.3, 0.4) is 0 Å². The minimum atomic E-state index is 0.271. The number of nitrogens with one attached hydrogen (secondary N) is 2. The van der Waals surface area contributed by atoms with Crippen LogP contribution in [0.5, 0.6) is 0 Å². The van der Waals surface area contributed by atoms with E-state index >= 15 is 0 Å². The highest BCUT2D eigenvalue weighted by molar-refractivity contribution is 9.10. The van der Waals surface area contributed by atoms with Crippen molar-refractivity contribution in [3.63, 3.8) is 0 Å². The van der Waals surface area contributed by atoms with Gasteiger partial charge in [-0.15, -0.1) is 0 Å². The first-order chi connectivity index (χ1) is 8.70. The van der Waals surface area contributed by atoms with Crippen molar-refractivity contribution < 1.29 is 0 Å². The number of halogens is 1. The molecule has 96 valence electrons. The number of aromatic amines is 1. The largest absolute Gasteiger partial charge is 0.347 e. The zero-order chi connectivity index (χ0) is 13.0. The van der Waals surface area contributed by atoms with Gasteiger partial charge in [0.25, 0.3) is 0 Å². The molecule has 4 heteroatoms. The second-order valence-corrected chi connectivity index (χ2v) is 5.27. The van der Waals surface area contributed by atoms with Gasteiger partial charge in [-0.05, 0) is 30.5 Å². The van der Waals surface area contributed by atoms with Crippen molar-refractivity contribution in [2.45, 2.75) is 32.9 Å². The Kier molecular flexibility index (Phi) is 4.55. The van der Waals surface area contributed by atoms with E-state index in [9.17, 15) is 0 Å². The molecule has 0 amide bonds.